The van der Waals surface area contributed by atoms with E-state index in [0.29, 0.717) is 19.0 Å². The summed E-state index contributed by atoms with van der Waals surface area (Å²) in [5.74, 6) is -0.417. The Hall–Kier alpha value is -2.71. The maximum absolute atomic E-state index is 13.4. The molecule has 1 fully saturated rings. The summed E-state index contributed by atoms with van der Waals surface area (Å²) >= 11 is 0. The number of hydrogen-bond donors (Lipinski definition) is 1. The number of urea groups is 1. The quantitative estimate of drug-likeness (QED) is 0.859. The fraction of sp³-hybridized carbons (Fsp3) is 0.444. The second-order valence-electron chi connectivity index (χ2n) is 6.41. The Morgan fingerprint density at radius 1 is 1.33 bits per heavy atom. The van der Waals surface area contributed by atoms with E-state index in [9.17, 15) is 18.0 Å². The molecule has 3 rings (SSSR count). The molecule has 1 aromatic carbocycles. The summed E-state index contributed by atoms with van der Waals surface area (Å²) < 4.78 is 44.9. The third-order valence-corrected chi connectivity index (χ3v) is 4.61. The van der Waals surface area contributed by atoms with Crippen LogP contribution in [0.1, 0.15) is 24.5 Å². The highest BCUT2D eigenvalue weighted by Crippen LogP contribution is 2.29. The van der Waals surface area contributed by atoms with E-state index in [2.05, 4.69) is 10.4 Å². The van der Waals surface area contributed by atoms with Crippen LogP contribution in [0, 0.1) is 5.82 Å². The van der Waals surface area contributed by atoms with Crippen LogP contribution in [0.4, 0.5) is 23.7 Å². The van der Waals surface area contributed by atoms with Crippen molar-refractivity contribution in [2.24, 2.45) is 7.05 Å². The van der Waals surface area contributed by atoms with Crippen LogP contribution in [0.2, 0.25) is 0 Å². The number of nitrogens with zero attached hydrogens (tertiary/aromatic N) is 3. The predicted octanol–water partition coefficient (Wildman–Crippen LogP) is 3.61. The largest absolute Gasteiger partial charge is 0.485 e. The average molecular weight is 382 g/mol. The van der Waals surface area contributed by atoms with Crippen molar-refractivity contribution in [3.63, 3.8) is 0 Å². The monoisotopic (exact) mass is 382 g/mol. The zero-order valence-corrected chi connectivity index (χ0v) is 14.9. The second kappa shape index (κ2) is 8.32. The van der Waals surface area contributed by atoms with Gasteiger partial charge in [-0.05, 0) is 31.0 Å². The maximum Gasteiger partial charge on any atom is 0.321 e. The number of ether oxygens (including phenoxy) is 1. The summed E-state index contributed by atoms with van der Waals surface area (Å²) in [6, 6.07) is 5.03. The standard InChI is InChI=1S/C18H21F3N4O2/c1-24-15(4-7-22-24)12-5-8-25(9-6-12)18(26)23-14-3-2-13(19)10-16(14)27-11-17(20)21/h2-4,7,10,12,17H,5-6,8-9,11H2,1H3,(H,23,26). The molecular formula is C18H21F3N4O2. The molecule has 9 heteroatoms. The zero-order chi connectivity index (χ0) is 19.4. The van der Waals surface area contributed by atoms with Crippen LogP contribution in [0.3, 0.4) is 0 Å². The Kier molecular flexibility index (Phi) is 5.88. The minimum atomic E-state index is -2.69. The Morgan fingerprint density at radius 2 is 2.07 bits per heavy atom. The van der Waals surface area contributed by atoms with Crippen molar-refractivity contribution in [3.05, 3.63) is 42.0 Å². The molecule has 0 saturated carbocycles. The van der Waals surface area contributed by atoms with Crippen LogP contribution in [-0.4, -0.2) is 46.8 Å². The number of anilines is 1. The van der Waals surface area contributed by atoms with Gasteiger partial charge in [-0.2, -0.15) is 5.10 Å². The van der Waals surface area contributed by atoms with Crippen molar-refractivity contribution in [2.75, 3.05) is 25.0 Å². The Bertz CT molecular complexity index is 789. The first-order valence-corrected chi connectivity index (χ1v) is 8.68. The van der Waals surface area contributed by atoms with E-state index in [4.69, 9.17) is 4.74 Å². The van der Waals surface area contributed by atoms with Gasteiger partial charge in [0.1, 0.15) is 18.2 Å². The Balaban J connectivity index is 1.60. The highest BCUT2D eigenvalue weighted by molar-refractivity contribution is 5.91. The molecule has 2 heterocycles. The van der Waals surface area contributed by atoms with Gasteiger partial charge >= 0.3 is 6.03 Å². The maximum atomic E-state index is 13.4. The van der Waals surface area contributed by atoms with Gasteiger partial charge in [0, 0.05) is 44.0 Å². The number of nitrogens with one attached hydrogen (secondary N) is 1. The molecule has 146 valence electrons. The number of alkyl halides is 2. The van der Waals surface area contributed by atoms with Gasteiger partial charge in [0.25, 0.3) is 6.43 Å². The third-order valence-electron chi connectivity index (χ3n) is 4.61. The van der Waals surface area contributed by atoms with E-state index in [1.807, 2.05) is 17.8 Å². The molecule has 1 aliphatic heterocycles. The van der Waals surface area contributed by atoms with Gasteiger partial charge in [-0.1, -0.05) is 0 Å². The van der Waals surface area contributed by atoms with Crippen LogP contribution < -0.4 is 10.1 Å². The van der Waals surface area contributed by atoms with Crippen LogP contribution in [0.15, 0.2) is 30.5 Å². The summed E-state index contributed by atoms with van der Waals surface area (Å²) in [6.07, 6.45) is 0.656. The molecule has 2 aromatic rings. The van der Waals surface area contributed by atoms with Gasteiger partial charge in [-0.3, -0.25) is 4.68 Å². The first kappa shape index (κ1) is 19.1. The molecule has 2 amide bonds. The molecular weight excluding hydrogens is 361 g/mol. The van der Waals surface area contributed by atoms with E-state index in [-0.39, 0.29) is 17.5 Å². The van der Waals surface area contributed by atoms with E-state index in [1.54, 1.807) is 11.1 Å². The summed E-state index contributed by atoms with van der Waals surface area (Å²) in [7, 11) is 1.89. The average Bonchev–Trinajstić information content (AvgIpc) is 3.08. The molecule has 1 saturated heterocycles. The second-order valence-corrected chi connectivity index (χ2v) is 6.41. The molecule has 6 nitrogen and oxygen atoms in total. The molecule has 1 N–H and O–H groups in total. The van der Waals surface area contributed by atoms with Crippen LogP contribution in [-0.2, 0) is 7.05 Å². The molecule has 1 aliphatic rings. The minimum Gasteiger partial charge on any atom is -0.485 e. The molecule has 0 aliphatic carbocycles. The predicted molar refractivity (Wildman–Crippen MR) is 93.7 cm³/mol. The van der Waals surface area contributed by atoms with Gasteiger partial charge < -0.3 is 15.0 Å². The van der Waals surface area contributed by atoms with Gasteiger partial charge in [0.2, 0.25) is 0 Å². The van der Waals surface area contributed by atoms with E-state index in [0.717, 1.165) is 30.7 Å². The van der Waals surface area contributed by atoms with Gasteiger partial charge in [0.15, 0.2) is 0 Å². The number of carbonyl (C=O) groups excluding carboxylic acids is 1. The van der Waals surface area contributed by atoms with Crippen LogP contribution >= 0.6 is 0 Å². The van der Waals surface area contributed by atoms with Crippen molar-refractivity contribution < 1.29 is 22.7 Å². The van der Waals surface area contributed by atoms with Crippen molar-refractivity contribution in [1.29, 1.82) is 0 Å². The molecule has 0 spiro atoms. The first-order chi connectivity index (χ1) is 12.9. The fourth-order valence-corrected chi connectivity index (χ4v) is 3.23. The summed E-state index contributed by atoms with van der Waals surface area (Å²) in [5.41, 5.74) is 1.30. The normalized spacial score (nSPS) is 15.2. The zero-order valence-electron chi connectivity index (χ0n) is 14.9. The minimum absolute atomic E-state index is 0.117. The number of likely N-dealkylation sites (tertiary alicyclic amines) is 1. The topological polar surface area (TPSA) is 59.4 Å². The lowest BCUT2D eigenvalue weighted by Gasteiger charge is -2.32. The Labute approximate surface area is 154 Å². The number of rotatable bonds is 5. The number of amides is 2. The number of carbonyl (C=O) groups is 1. The van der Waals surface area contributed by atoms with Crippen LogP contribution in [0.25, 0.3) is 0 Å². The first-order valence-electron chi connectivity index (χ1n) is 8.68. The van der Waals surface area contributed by atoms with E-state index >= 15 is 0 Å². The van der Waals surface area contributed by atoms with Crippen molar-refractivity contribution in [3.8, 4) is 5.75 Å². The molecule has 27 heavy (non-hydrogen) atoms. The van der Waals surface area contributed by atoms with Gasteiger partial charge in [-0.15, -0.1) is 0 Å². The van der Waals surface area contributed by atoms with Crippen molar-refractivity contribution in [1.82, 2.24) is 14.7 Å². The highest BCUT2D eigenvalue weighted by Gasteiger charge is 2.26. The number of benzene rings is 1. The highest BCUT2D eigenvalue weighted by atomic mass is 19.3. The summed E-state index contributed by atoms with van der Waals surface area (Å²) in [6.45, 7) is 0.231. The number of hydrogen-bond acceptors (Lipinski definition) is 3. The molecule has 0 radical (unpaired) electrons. The van der Waals surface area contributed by atoms with Gasteiger partial charge in [-0.25, -0.2) is 18.0 Å². The SMILES string of the molecule is Cn1nccc1C1CCN(C(=O)Nc2ccc(F)cc2OCC(F)F)CC1. The fourth-order valence-electron chi connectivity index (χ4n) is 3.23. The molecule has 0 atom stereocenters. The number of aromatic nitrogens is 2. The summed E-state index contributed by atoms with van der Waals surface area (Å²) in [4.78, 5) is 14.1. The van der Waals surface area contributed by atoms with E-state index < -0.39 is 18.8 Å². The van der Waals surface area contributed by atoms with Gasteiger partial charge in [0.05, 0.1) is 5.69 Å². The number of aryl methyl sites for hydroxylation is 1. The lowest BCUT2D eigenvalue weighted by Crippen LogP contribution is -2.40. The van der Waals surface area contributed by atoms with Crippen molar-refractivity contribution >= 4 is 11.7 Å². The Morgan fingerprint density at radius 3 is 2.70 bits per heavy atom. The molecule has 1 aromatic heterocycles. The number of piperidine rings is 1. The molecule has 0 bridgehead atoms. The lowest BCUT2D eigenvalue weighted by atomic mass is 9.93. The number of halogens is 3. The summed E-state index contributed by atoms with van der Waals surface area (Å²) in [5, 5.41) is 6.80. The smallest absolute Gasteiger partial charge is 0.321 e. The van der Waals surface area contributed by atoms with Crippen molar-refractivity contribution in [2.45, 2.75) is 25.2 Å². The van der Waals surface area contributed by atoms with Crippen LogP contribution in [0.5, 0.6) is 5.75 Å². The van der Waals surface area contributed by atoms with E-state index in [1.165, 1.54) is 6.07 Å². The molecule has 0 unspecified atom stereocenters. The third kappa shape index (κ3) is 4.72. The lowest BCUT2D eigenvalue weighted by molar-refractivity contribution is 0.0821.